The molecular formula is C16H18N2O4S2. The largest absolute Gasteiger partial charge is 0.280 e. The van der Waals surface area contributed by atoms with Gasteiger partial charge >= 0.3 is 0 Å². The van der Waals surface area contributed by atoms with Crippen LogP contribution in [-0.2, 0) is 20.0 Å². The number of hydrogen-bond acceptors (Lipinski definition) is 4. The first-order valence-electron chi connectivity index (χ1n) is 7.48. The van der Waals surface area contributed by atoms with Crippen LogP contribution in [0.25, 0.3) is 0 Å². The van der Waals surface area contributed by atoms with Crippen LogP contribution in [0.1, 0.15) is 12.0 Å². The molecule has 2 aromatic rings. The van der Waals surface area contributed by atoms with E-state index in [1.54, 1.807) is 36.4 Å². The number of rotatable bonds is 4. The fraction of sp³-hybridized carbons (Fsp3) is 0.250. The zero-order valence-electron chi connectivity index (χ0n) is 13.1. The Morgan fingerprint density at radius 1 is 1.08 bits per heavy atom. The second-order valence-corrected chi connectivity index (χ2v) is 9.41. The molecule has 0 aromatic heterocycles. The molecular weight excluding hydrogens is 348 g/mol. The van der Waals surface area contributed by atoms with Crippen LogP contribution in [-0.4, -0.2) is 29.1 Å². The second-order valence-electron chi connectivity index (χ2n) is 5.71. The van der Waals surface area contributed by atoms with Gasteiger partial charge in [0.1, 0.15) is 0 Å². The summed E-state index contributed by atoms with van der Waals surface area (Å²) in [6.07, 6.45) is 0.601. The minimum atomic E-state index is -3.67. The second kappa shape index (κ2) is 6.10. The monoisotopic (exact) mass is 366 g/mol. The Bertz CT molecular complexity index is 952. The summed E-state index contributed by atoms with van der Waals surface area (Å²) in [6, 6.07) is 13.0. The molecule has 0 saturated carbocycles. The summed E-state index contributed by atoms with van der Waals surface area (Å²) in [6.45, 7) is 2.28. The molecule has 24 heavy (non-hydrogen) atoms. The van der Waals surface area contributed by atoms with E-state index in [2.05, 4.69) is 4.72 Å². The third-order valence-electron chi connectivity index (χ3n) is 3.81. The van der Waals surface area contributed by atoms with Crippen molar-refractivity contribution in [3.05, 3.63) is 54.1 Å². The van der Waals surface area contributed by atoms with E-state index in [4.69, 9.17) is 0 Å². The van der Waals surface area contributed by atoms with Crippen molar-refractivity contribution in [2.24, 2.45) is 0 Å². The van der Waals surface area contributed by atoms with Gasteiger partial charge in [-0.05, 0) is 55.3 Å². The van der Waals surface area contributed by atoms with E-state index in [-0.39, 0.29) is 10.6 Å². The van der Waals surface area contributed by atoms with Crippen molar-refractivity contribution in [1.82, 2.24) is 0 Å². The lowest BCUT2D eigenvalue weighted by atomic mass is 10.2. The highest BCUT2D eigenvalue weighted by atomic mass is 32.2. The molecule has 1 aliphatic rings. The maximum atomic E-state index is 12.4. The van der Waals surface area contributed by atoms with Crippen molar-refractivity contribution < 1.29 is 16.8 Å². The van der Waals surface area contributed by atoms with Crippen LogP contribution in [0, 0.1) is 6.92 Å². The molecule has 0 amide bonds. The quantitative estimate of drug-likeness (QED) is 0.900. The van der Waals surface area contributed by atoms with Crippen LogP contribution in [0.5, 0.6) is 0 Å². The van der Waals surface area contributed by atoms with E-state index >= 15 is 0 Å². The molecule has 0 radical (unpaired) electrons. The van der Waals surface area contributed by atoms with Crippen molar-refractivity contribution in [2.45, 2.75) is 18.2 Å². The molecule has 128 valence electrons. The van der Waals surface area contributed by atoms with E-state index in [1.807, 2.05) is 13.0 Å². The summed E-state index contributed by atoms with van der Waals surface area (Å²) in [7, 11) is -6.91. The minimum Gasteiger partial charge on any atom is -0.280 e. The Morgan fingerprint density at radius 2 is 1.79 bits per heavy atom. The van der Waals surface area contributed by atoms with Gasteiger partial charge in [0, 0.05) is 12.2 Å². The molecule has 1 N–H and O–H groups in total. The number of nitrogens with one attached hydrogen (secondary N) is 1. The van der Waals surface area contributed by atoms with Crippen LogP contribution >= 0.6 is 0 Å². The average Bonchev–Trinajstić information content (AvgIpc) is 2.87. The van der Waals surface area contributed by atoms with Gasteiger partial charge in [0.15, 0.2) is 0 Å². The molecule has 1 fully saturated rings. The Morgan fingerprint density at radius 3 is 2.38 bits per heavy atom. The van der Waals surface area contributed by atoms with Crippen LogP contribution in [0.3, 0.4) is 0 Å². The number of aryl methyl sites for hydroxylation is 1. The summed E-state index contributed by atoms with van der Waals surface area (Å²) < 4.78 is 52.4. The zero-order chi connectivity index (χ0) is 17.4. The van der Waals surface area contributed by atoms with Gasteiger partial charge in [-0.2, -0.15) is 0 Å². The first-order valence-corrected chi connectivity index (χ1v) is 10.6. The summed E-state index contributed by atoms with van der Waals surface area (Å²) in [5.41, 5.74) is 1.79. The zero-order valence-corrected chi connectivity index (χ0v) is 14.8. The van der Waals surface area contributed by atoms with Crippen molar-refractivity contribution >= 4 is 31.4 Å². The standard InChI is InChI=1S/C16H18N2O4S2/c1-13-4-2-5-16(12-13)24(21,22)17-14-6-8-15(9-7-14)18-10-3-11-23(18,19)20/h2,4-9,12,17H,3,10-11H2,1H3. The lowest BCUT2D eigenvalue weighted by molar-refractivity contribution is 0.598. The fourth-order valence-corrected chi connectivity index (χ4v) is 5.35. The minimum absolute atomic E-state index is 0.148. The van der Waals surface area contributed by atoms with Crippen molar-refractivity contribution in [3.8, 4) is 0 Å². The van der Waals surface area contributed by atoms with Gasteiger partial charge in [-0.15, -0.1) is 0 Å². The van der Waals surface area contributed by atoms with Crippen LogP contribution < -0.4 is 9.03 Å². The van der Waals surface area contributed by atoms with Crippen LogP contribution in [0.2, 0.25) is 0 Å². The molecule has 3 rings (SSSR count). The molecule has 1 aliphatic heterocycles. The summed E-state index contributed by atoms with van der Waals surface area (Å²) in [5, 5.41) is 0. The van der Waals surface area contributed by atoms with E-state index in [9.17, 15) is 16.8 Å². The third kappa shape index (κ3) is 3.39. The van der Waals surface area contributed by atoms with Gasteiger partial charge in [-0.1, -0.05) is 12.1 Å². The van der Waals surface area contributed by atoms with Crippen molar-refractivity contribution in [1.29, 1.82) is 0 Å². The number of sulfonamides is 2. The van der Waals surface area contributed by atoms with E-state index in [0.717, 1.165) is 5.56 Å². The van der Waals surface area contributed by atoms with Crippen molar-refractivity contribution in [2.75, 3.05) is 21.3 Å². The highest BCUT2D eigenvalue weighted by molar-refractivity contribution is 7.93. The molecule has 0 spiro atoms. The normalized spacial score (nSPS) is 17.0. The maximum Gasteiger partial charge on any atom is 0.261 e. The van der Waals surface area contributed by atoms with Crippen LogP contribution in [0.15, 0.2) is 53.4 Å². The van der Waals surface area contributed by atoms with Gasteiger partial charge in [0.25, 0.3) is 10.0 Å². The van der Waals surface area contributed by atoms with E-state index in [1.165, 1.54) is 10.4 Å². The third-order valence-corrected chi connectivity index (χ3v) is 7.06. The predicted molar refractivity (Wildman–Crippen MR) is 94.2 cm³/mol. The predicted octanol–water partition coefficient (Wildman–Crippen LogP) is 2.34. The summed E-state index contributed by atoms with van der Waals surface area (Å²) >= 11 is 0. The molecule has 6 nitrogen and oxygen atoms in total. The molecule has 0 bridgehead atoms. The highest BCUT2D eigenvalue weighted by Crippen LogP contribution is 2.26. The first kappa shape index (κ1) is 16.8. The van der Waals surface area contributed by atoms with Gasteiger partial charge in [-0.3, -0.25) is 9.03 Å². The Hall–Kier alpha value is -2.06. The Balaban J connectivity index is 1.82. The maximum absolute atomic E-state index is 12.4. The SMILES string of the molecule is Cc1cccc(S(=O)(=O)Nc2ccc(N3CCCS3(=O)=O)cc2)c1. The summed E-state index contributed by atoms with van der Waals surface area (Å²) in [4.78, 5) is 0.189. The smallest absolute Gasteiger partial charge is 0.261 e. The number of hydrogen-bond donors (Lipinski definition) is 1. The van der Waals surface area contributed by atoms with Crippen molar-refractivity contribution in [3.63, 3.8) is 0 Å². The highest BCUT2D eigenvalue weighted by Gasteiger charge is 2.28. The molecule has 0 atom stereocenters. The lowest BCUT2D eigenvalue weighted by Crippen LogP contribution is -2.25. The molecule has 8 heteroatoms. The lowest BCUT2D eigenvalue weighted by Gasteiger charge is -2.17. The van der Waals surface area contributed by atoms with E-state index < -0.39 is 20.0 Å². The Kier molecular flexibility index (Phi) is 4.27. The molecule has 1 saturated heterocycles. The first-order chi connectivity index (χ1) is 11.3. The Labute approximate surface area is 142 Å². The molecule has 0 aliphatic carbocycles. The van der Waals surface area contributed by atoms with Gasteiger partial charge in [-0.25, -0.2) is 16.8 Å². The van der Waals surface area contributed by atoms with Gasteiger partial charge < -0.3 is 0 Å². The number of nitrogens with zero attached hydrogens (tertiary/aromatic N) is 1. The number of benzene rings is 2. The van der Waals surface area contributed by atoms with E-state index in [0.29, 0.717) is 24.3 Å². The number of anilines is 2. The topological polar surface area (TPSA) is 83.6 Å². The summed E-state index contributed by atoms with van der Waals surface area (Å²) in [5.74, 6) is 0.148. The molecule has 0 unspecified atom stereocenters. The van der Waals surface area contributed by atoms with Crippen LogP contribution in [0.4, 0.5) is 11.4 Å². The van der Waals surface area contributed by atoms with Gasteiger partial charge in [0.2, 0.25) is 10.0 Å². The molecule has 1 heterocycles. The average molecular weight is 366 g/mol. The van der Waals surface area contributed by atoms with Gasteiger partial charge in [0.05, 0.1) is 16.3 Å². The fourth-order valence-electron chi connectivity index (χ4n) is 2.62. The molecule has 2 aromatic carbocycles.